The van der Waals surface area contributed by atoms with E-state index in [1.807, 2.05) is 26.0 Å². The van der Waals surface area contributed by atoms with Crippen LogP contribution in [0, 0.1) is 13.8 Å². The molecule has 0 aliphatic carbocycles. The topological polar surface area (TPSA) is 61.2 Å². The van der Waals surface area contributed by atoms with Gasteiger partial charge in [-0.1, -0.05) is 12.1 Å². The maximum absolute atomic E-state index is 11.7. The Morgan fingerprint density at radius 2 is 2.10 bits per heavy atom. The summed E-state index contributed by atoms with van der Waals surface area (Å²) in [6.45, 7) is 4.19. The summed E-state index contributed by atoms with van der Waals surface area (Å²) in [6.07, 6.45) is 2.54. The SMILES string of the molecule is COC(=O)c1cc(Cn2cc(C)c(C=O)n2)ccc1C. The molecule has 0 amide bonds. The van der Waals surface area contributed by atoms with Gasteiger partial charge in [-0.15, -0.1) is 0 Å². The fourth-order valence-corrected chi connectivity index (χ4v) is 2.02. The van der Waals surface area contributed by atoms with Gasteiger partial charge in [0.05, 0.1) is 19.2 Å². The number of benzene rings is 1. The van der Waals surface area contributed by atoms with E-state index >= 15 is 0 Å². The number of rotatable bonds is 4. The van der Waals surface area contributed by atoms with E-state index in [-0.39, 0.29) is 5.97 Å². The number of carbonyl (C=O) groups excluding carboxylic acids is 2. The predicted molar refractivity (Wildman–Crippen MR) is 74.0 cm³/mol. The van der Waals surface area contributed by atoms with E-state index in [0.29, 0.717) is 17.8 Å². The van der Waals surface area contributed by atoms with Gasteiger partial charge in [0.1, 0.15) is 5.69 Å². The van der Waals surface area contributed by atoms with Gasteiger partial charge in [0.25, 0.3) is 0 Å². The van der Waals surface area contributed by atoms with E-state index in [0.717, 1.165) is 23.0 Å². The van der Waals surface area contributed by atoms with Crippen molar-refractivity contribution in [2.75, 3.05) is 7.11 Å². The minimum Gasteiger partial charge on any atom is -0.465 e. The molecule has 1 heterocycles. The van der Waals surface area contributed by atoms with Crippen LogP contribution in [0.15, 0.2) is 24.4 Å². The normalized spacial score (nSPS) is 10.3. The summed E-state index contributed by atoms with van der Waals surface area (Å²) in [6, 6.07) is 5.59. The fraction of sp³-hybridized carbons (Fsp3) is 0.267. The van der Waals surface area contributed by atoms with Crippen molar-refractivity contribution in [3.8, 4) is 0 Å². The molecule has 0 fully saturated rings. The molecule has 2 rings (SSSR count). The van der Waals surface area contributed by atoms with Crippen molar-refractivity contribution in [3.63, 3.8) is 0 Å². The van der Waals surface area contributed by atoms with Crippen molar-refractivity contribution in [3.05, 3.63) is 52.3 Å². The molecule has 104 valence electrons. The van der Waals surface area contributed by atoms with Gasteiger partial charge in [-0.05, 0) is 36.6 Å². The fourth-order valence-electron chi connectivity index (χ4n) is 2.02. The maximum Gasteiger partial charge on any atom is 0.338 e. The first kappa shape index (κ1) is 14.0. The van der Waals surface area contributed by atoms with Crippen LogP contribution in [0.3, 0.4) is 0 Å². The lowest BCUT2D eigenvalue weighted by Crippen LogP contribution is -2.07. The van der Waals surface area contributed by atoms with Crippen molar-refractivity contribution in [2.24, 2.45) is 0 Å². The maximum atomic E-state index is 11.7. The van der Waals surface area contributed by atoms with Gasteiger partial charge in [0, 0.05) is 6.20 Å². The van der Waals surface area contributed by atoms with Gasteiger partial charge < -0.3 is 4.74 Å². The number of hydrogen-bond donors (Lipinski definition) is 0. The van der Waals surface area contributed by atoms with Crippen molar-refractivity contribution in [1.29, 1.82) is 0 Å². The minimum absolute atomic E-state index is 0.352. The molecule has 5 heteroatoms. The van der Waals surface area contributed by atoms with Gasteiger partial charge in [0.2, 0.25) is 0 Å². The van der Waals surface area contributed by atoms with E-state index in [1.165, 1.54) is 7.11 Å². The molecule has 2 aromatic rings. The van der Waals surface area contributed by atoms with E-state index < -0.39 is 0 Å². The Balaban J connectivity index is 2.29. The number of aromatic nitrogens is 2. The Kier molecular flexibility index (Phi) is 3.98. The Hall–Kier alpha value is -2.43. The number of ether oxygens (including phenoxy) is 1. The summed E-state index contributed by atoms with van der Waals surface area (Å²) in [7, 11) is 1.36. The van der Waals surface area contributed by atoms with Crippen LogP contribution in [0.1, 0.15) is 37.5 Å². The lowest BCUT2D eigenvalue weighted by atomic mass is 10.1. The molecule has 20 heavy (non-hydrogen) atoms. The van der Waals surface area contributed by atoms with Crippen LogP contribution in [0.2, 0.25) is 0 Å². The Morgan fingerprint density at radius 1 is 1.35 bits per heavy atom. The van der Waals surface area contributed by atoms with E-state index in [9.17, 15) is 9.59 Å². The van der Waals surface area contributed by atoms with Gasteiger partial charge in [-0.3, -0.25) is 9.48 Å². The van der Waals surface area contributed by atoms with Gasteiger partial charge in [-0.2, -0.15) is 5.10 Å². The lowest BCUT2D eigenvalue weighted by Gasteiger charge is -2.07. The molecule has 0 N–H and O–H groups in total. The molecule has 0 aliphatic heterocycles. The van der Waals surface area contributed by atoms with Crippen LogP contribution in [0.4, 0.5) is 0 Å². The number of carbonyl (C=O) groups is 2. The Bertz CT molecular complexity index is 659. The molecule has 0 radical (unpaired) electrons. The second kappa shape index (κ2) is 5.69. The van der Waals surface area contributed by atoms with Crippen LogP contribution in [0.25, 0.3) is 0 Å². The first-order valence-electron chi connectivity index (χ1n) is 6.22. The van der Waals surface area contributed by atoms with E-state index in [1.54, 1.807) is 16.9 Å². The highest BCUT2D eigenvalue weighted by atomic mass is 16.5. The summed E-state index contributed by atoms with van der Waals surface area (Å²) in [5, 5.41) is 4.17. The first-order chi connectivity index (χ1) is 9.55. The van der Waals surface area contributed by atoms with Gasteiger partial charge in [0.15, 0.2) is 6.29 Å². The van der Waals surface area contributed by atoms with Crippen molar-refractivity contribution >= 4 is 12.3 Å². The monoisotopic (exact) mass is 272 g/mol. The van der Waals surface area contributed by atoms with Crippen molar-refractivity contribution < 1.29 is 14.3 Å². The lowest BCUT2D eigenvalue weighted by molar-refractivity contribution is 0.0599. The zero-order chi connectivity index (χ0) is 14.7. The standard InChI is InChI=1S/C15H16N2O3/c1-10-4-5-12(6-13(10)15(19)20-3)8-17-7-11(2)14(9-18)16-17/h4-7,9H,8H2,1-3H3. The second-order valence-electron chi connectivity index (χ2n) is 4.65. The number of nitrogens with zero attached hydrogens (tertiary/aromatic N) is 2. The summed E-state index contributed by atoms with van der Waals surface area (Å²) in [5.41, 5.74) is 3.61. The van der Waals surface area contributed by atoms with Crippen molar-refractivity contribution in [1.82, 2.24) is 9.78 Å². The number of hydrogen-bond acceptors (Lipinski definition) is 4. The molecule has 0 unspecified atom stereocenters. The summed E-state index contributed by atoms with van der Waals surface area (Å²) in [5.74, 6) is -0.352. The quantitative estimate of drug-likeness (QED) is 0.632. The molecule has 0 spiro atoms. The highest BCUT2D eigenvalue weighted by molar-refractivity contribution is 5.91. The van der Waals surface area contributed by atoms with Crippen LogP contribution < -0.4 is 0 Å². The summed E-state index contributed by atoms with van der Waals surface area (Å²) in [4.78, 5) is 22.4. The molecule has 1 aromatic heterocycles. The van der Waals surface area contributed by atoms with Gasteiger partial charge >= 0.3 is 5.97 Å². The van der Waals surface area contributed by atoms with E-state index in [2.05, 4.69) is 5.10 Å². The first-order valence-corrected chi connectivity index (χ1v) is 6.22. The highest BCUT2D eigenvalue weighted by Crippen LogP contribution is 2.14. The molecular weight excluding hydrogens is 256 g/mol. The Labute approximate surface area is 117 Å². The molecule has 5 nitrogen and oxygen atoms in total. The van der Waals surface area contributed by atoms with Crippen LogP contribution in [0.5, 0.6) is 0 Å². The molecular formula is C15H16N2O3. The van der Waals surface area contributed by atoms with E-state index in [4.69, 9.17) is 4.74 Å². The van der Waals surface area contributed by atoms with Crippen LogP contribution in [-0.2, 0) is 11.3 Å². The average Bonchev–Trinajstić information content (AvgIpc) is 2.80. The zero-order valence-corrected chi connectivity index (χ0v) is 11.7. The number of esters is 1. The number of aryl methyl sites for hydroxylation is 2. The predicted octanol–water partition coefficient (Wildman–Crippen LogP) is 2.15. The highest BCUT2D eigenvalue weighted by Gasteiger charge is 2.11. The minimum atomic E-state index is -0.352. The largest absolute Gasteiger partial charge is 0.465 e. The third-order valence-corrected chi connectivity index (χ3v) is 3.15. The molecule has 0 saturated heterocycles. The summed E-state index contributed by atoms with van der Waals surface area (Å²) >= 11 is 0. The molecule has 0 aliphatic rings. The molecule has 0 saturated carbocycles. The van der Waals surface area contributed by atoms with Crippen molar-refractivity contribution in [2.45, 2.75) is 20.4 Å². The number of methoxy groups -OCH3 is 1. The zero-order valence-electron chi connectivity index (χ0n) is 11.7. The smallest absolute Gasteiger partial charge is 0.338 e. The Morgan fingerprint density at radius 3 is 2.70 bits per heavy atom. The van der Waals surface area contributed by atoms with Crippen LogP contribution in [-0.4, -0.2) is 29.1 Å². The third-order valence-electron chi connectivity index (χ3n) is 3.15. The van der Waals surface area contributed by atoms with Gasteiger partial charge in [-0.25, -0.2) is 4.79 Å². The third kappa shape index (κ3) is 2.77. The molecule has 1 aromatic carbocycles. The molecule has 0 bridgehead atoms. The number of aldehydes is 1. The average molecular weight is 272 g/mol. The van der Waals surface area contributed by atoms with Crippen LogP contribution >= 0.6 is 0 Å². The second-order valence-corrected chi connectivity index (χ2v) is 4.65. The summed E-state index contributed by atoms with van der Waals surface area (Å²) < 4.78 is 6.44. The molecule has 0 atom stereocenters.